The summed E-state index contributed by atoms with van der Waals surface area (Å²) >= 11 is 0. The van der Waals surface area contributed by atoms with E-state index in [1.165, 1.54) is 0 Å². The first-order chi connectivity index (χ1) is 10.3. The Labute approximate surface area is 120 Å². The molecule has 21 heavy (non-hydrogen) atoms. The number of nitrogens with zero attached hydrogens (tertiary/aromatic N) is 2. The minimum absolute atomic E-state index is 0.199. The van der Waals surface area contributed by atoms with Crippen LogP contribution in [0, 0.1) is 0 Å². The van der Waals surface area contributed by atoms with Crippen molar-refractivity contribution in [3.8, 4) is 0 Å². The normalized spacial score (nSPS) is 19.1. The molecule has 2 amide bonds. The molecule has 1 fully saturated rings. The Kier molecular flexibility index (Phi) is 2.54. The Morgan fingerprint density at radius 3 is 2.76 bits per heavy atom. The average molecular weight is 279 g/mol. The predicted molar refractivity (Wildman–Crippen MR) is 78.7 cm³/mol. The topological polar surface area (TPSA) is 64.0 Å². The number of para-hydroxylation sites is 1. The van der Waals surface area contributed by atoms with Gasteiger partial charge in [-0.25, -0.2) is 0 Å². The quantitative estimate of drug-likeness (QED) is 0.694. The molecule has 1 aliphatic heterocycles. The van der Waals surface area contributed by atoms with Gasteiger partial charge in [-0.1, -0.05) is 18.2 Å². The summed E-state index contributed by atoms with van der Waals surface area (Å²) in [4.78, 5) is 28.0. The second-order valence-electron chi connectivity index (χ2n) is 5.23. The summed E-state index contributed by atoms with van der Waals surface area (Å²) in [7, 11) is 0. The third-order valence-electron chi connectivity index (χ3n) is 3.99. The van der Waals surface area contributed by atoms with Gasteiger partial charge in [-0.3, -0.25) is 19.9 Å². The first-order valence-electron chi connectivity index (χ1n) is 6.93. The molecule has 1 atom stereocenters. The van der Waals surface area contributed by atoms with Crippen LogP contribution in [0.1, 0.15) is 18.9 Å². The first-order valence-corrected chi connectivity index (χ1v) is 6.93. The smallest absolute Gasteiger partial charge is 0.249 e. The minimum atomic E-state index is -0.366. The molecule has 4 rings (SSSR count). The van der Waals surface area contributed by atoms with E-state index in [0.717, 1.165) is 21.9 Å². The fraction of sp³-hybridized carbons (Fsp3) is 0.188. The third-order valence-corrected chi connectivity index (χ3v) is 3.99. The number of carbonyl (C=O) groups is 2. The largest absolute Gasteiger partial charge is 0.326 e. The summed E-state index contributed by atoms with van der Waals surface area (Å²) in [5.41, 5.74) is 2.78. The molecule has 5 heteroatoms. The summed E-state index contributed by atoms with van der Waals surface area (Å²) < 4.78 is 2.00. The van der Waals surface area contributed by atoms with E-state index in [9.17, 15) is 9.59 Å². The van der Waals surface area contributed by atoms with Crippen LogP contribution in [0.25, 0.3) is 21.9 Å². The Morgan fingerprint density at radius 1 is 1.10 bits per heavy atom. The molecular formula is C16H13N3O2. The lowest BCUT2D eigenvalue weighted by Gasteiger charge is -2.23. The fourth-order valence-corrected chi connectivity index (χ4v) is 3.08. The third kappa shape index (κ3) is 1.74. The van der Waals surface area contributed by atoms with Crippen LogP contribution < -0.4 is 5.32 Å². The number of carbonyl (C=O) groups excluding carboxylic acids is 2. The van der Waals surface area contributed by atoms with Gasteiger partial charge in [0.1, 0.15) is 6.04 Å². The van der Waals surface area contributed by atoms with E-state index < -0.39 is 0 Å². The SMILES string of the molecule is O=C1CCC(n2c3ccccc3c3ncccc32)C(=O)N1. The molecule has 5 nitrogen and oxygen atoms in total. The summed E-state index contributed by atoms with van der Waals surface area (Å²) in [6, 6.07) is 11.4. The van der Waals surface area contributed by atoms with Crippen molar-refractivity contribution < 1.29 is 9.59 Å². The van der Waals surface area contributed by atoms with E-state index in [4.69, 9.17) is 0 Å². The van der Waals surface area contributed by atoms with Gasteiger partial charge < -0.3 is 4.57 Å². The van der Waals surface area contributed by atoms with E-state index >= 15 is 0 Å². The molecule has 0 radical (unpaired) electrons. The number of benzene rings is 1. The minimum Gasteiger partial charge on any atom is -0.326 e. The molecular weight excluding hydrogens is 266 g/mol. The molecule has 1 aliphatic rings. The Morgan fingerprint density at radius 2 is 1.90 bits per heavy atom. The lowest BCUT2D eigenvalue weighted by molar-refractivity contribution is -0.135. The molecule has 1 unspecified atom stereocenters. The highest BCUT2D eigenvalue weighted by atomic mass is 16.2. The molecule has 0 saturated carbocycles. The van der Waals surface area contributed by atoms with Crippen LogP contribution in [-0.2, 0) is 9.59 Å². The van der Waals surface area contributed by atoms with Crippen molar-refractivity contribution in [1.82, 2.24) is 14.9 Å². The Balaban J connectivity index is 2.02. The van der Waals surface area contributed by atoms with Crippen LogP contribution in [0.5, 0.6) is 0 Å². The number of nitrogens with one attached hydrogen (secondary N) is 1. The van der Waals surface area contributed by atoms with Crippen molar-refractivity contribution in [1.29, 1.82) is 0 Å². The van der Waals surface area contributed by atoms with E-state index in [2.05, 4.69) is 10.3 Å². The van der Waals surface area contributed by atoms with Crippen LogP contribution in [-0.4, -0.2) is 21.4 Å². The number of aromatic nitrogens is 2. The maximum atomic E-state index is 12.2. The summed E-state index contributed by atoms with van der Waals surface area (Å²) in [6.07, 6.45) is 2.64. The van der Waals surface area contributed by atoms with Crippen molar-refractivity contribution in [3.05, 3.63) is 42.6 Å². The van der Waals surface area contributed by atoms with Crippen LogP contribution in [0.3, 0.4) is 0 Å². The van der Waals surface area contributed by atoms with Crippen LogP contribution in [0.15, 0.2) is 42.6 Å². The fourth-order valence-electron chi connectivity index (χ4n) is 3.08. The van der Waals surface area contributed by atoms with Crippen molar-refractivity contribution in [2.45, 2.75) is 18.9 Å². The zero-order valence-electron chi connectivity index (χ0n) is 11.2. The first kappa shape index (κ1) is 12.1. The van der Waals surface area contributed by atoms with Crippen molar-refractivity contribution in [2.24, 2.45) is 0 Å². The zero-order chi connectivity index (χ0) is 14.4. The number of piperidine rings is 1. The maximum Gasteiger partial charge on any atom is 0.249 e. The number of hydrogen-bond donors (Lipinski definition) is 1. The van der Waals surface area contributed by atoms with Gasteiger partial charge in [0.2, 0.25) is 11.8 Å². The number of pyridine rings is 1. The average Bonchev–Trinajstić information content (AvgIpc) is 2.82. The van der Waals surface area contributed by atoms with Crippen LogP contribution in [0.4, 0.5) is 0 Å². The summed E-state index contributed by atoms with van der Waals surface area (Å²) in [5, 5.41) is 3.45. The van der Waals surface area contributed by atoms with Gasteiger partial charge >= 0.3 is 0 Å². The van der Waals surface area contributed by atoms with Gasteiger partial charge in [-0.2, -0.15) is 0 Å². The Hall–Kier alpha value is -2.69. The zero-order valence-corrected chi connectivity index (χ0v) is 11.2. The molecule has 104 valence electrons. The lowest BCUT2D eigenvalue weighted by Crippen LogP contribution is -2.41. The number of fused-ring (bicyclic) bond motifs is 3. The highest BCUT2D eigenvalue weighted by Crippen LogP contribution is 2.32. The van der Waals surface area contributed by atoms with Crippen molar-refractivity contribution >= 4 is 33.8 Å². The highest BCUT2D eigenvalue weighted by molar-refractivity contribution is 6.08. The van der Waals surface area contributed by atoms with Crippen molar-refractivity contribution in [3.63, 3.8) is 0 Å². The molecule has 1 aromatic carbocycles. The monoisotopic (exact) mass is 279 g/mol. The summed E-state index contributed by atoms with van der Waals surface area (Å²) in [6.45, 7) is 0. The molecule has 0 bridgehead atoms. The molecule has 0 aliphatic carbocycles. The van der Waals surface area contributed by atoms with E-state index in [1.807, 2.05) is 41.0 Å². The van der Waals surface area contributed by atoms with Crippen LogP contribution >= 0.6 is 0 Å². The summed E-state index contributed by atoms with van der Waals surface area (Å²) in [5.74, 6) is -0.437. The predicted octanol–water partition coefficient (Wildman–Crippen LogP) is 2.17. The molecule has 2 aromatic heterocycles. The number of rotatable bonds is 1. The molecule has 3 heterocycles. The second-order valence-corrected chi connectivity index (χ2v) is 5.23. The maximum absolute atomic E-state index is 12.2. The van der Waals surface area contributed by atoms with Gasteiger partial charge in [0.25, 0.3) is 0 Å². The lowest BCUT2D eigenvalue weighted by atomic mass is 10.1. The van der Waals surface area contributed by atoms with E-state index in [0.29, 0.717) is 12.8 Å². The van der Waals surface area contributed by atoms with Gasteiger partial charge in [-0.05, 0) is 24.6 Å². The number of amides is 2. The molecule has 3 aromatic rings. The second kappa shape index (κ2) is 4.41. The van der Waals surface area contributed by atoms with Crippen LogP contribution in [0.2, 0.25) is 0 Å². The molecule has 1 saturated heterocycles. The van der Waals surface area contributed by atoms with Gasteiger partial charge in [0, 0.05) is 18.0 Å². The van der Waals surface area contributed by atoms with Crippen molar-refractivity contribution in [2.75, 3.05) is 0 Å². The van der Waals surface area contributed by atoms with Gasteiger partial charge in [0.05, 0.1) is 16.6 Å². The Bertz CT molecular complexity index is 828. The van der Waals surface area contributed by atoms with E-state index in [-0.39, 0.29) is 17.9 Å². The highest BCUT2D eigenvalue weighted by Gasteiger charge is 2.30. The molecule has 1 N–H and O–H groups in total. The standard InChI is InChI=1S/C16H13N3O2/c20-14-8-7-13(16(21)18-14)19-11-5-2-1-4-10(11)15-12(19)6-3-9-17-15/h1-6,9,13H,7-8H2,(H,18,20,21). The number of imide groups is 1. The molecule has 0 spiro atoms. The van der Waals surface area contributed by atoms with Gasteiger partial charge in [0.15, 0.2) is 0 Å². The van der Waals surface area contributed by atoms with E-state index in [1.54, 1.807) is 6.20 Å². The van der Waals surface area contributed by atoms with Gasteiger partial charge in [-0.15, -0.1) is 0 Å². The number of hydrogen-bond acceptors (Lipinski definition) is 3.